The normalized spacial score (nSPS) is 18.0. The van der Waals surface area contributed by atoms with Crippen molar-refractivity contribution < 1.29 is 8.42 Å². The van der Waals surface area contributed by atoms with Gasteiger partial charge in [0.25, 0.3) is 0 Å². The molecule has 3 N–H and O–H groups in total. The minimum atomic E-state index is -3.70. The van der Waals surface area contributed by atoms with E-state index in [1.54, 1.807) is 13.8 Å². The van der Waals surface area contributed by atoms with Gasteiger partial charge < -0.3 is 15.6 Å². The fourth-order valence-electron chi connectivity index (χ4n) is 5.89. The van der Waals surface area contributed by atoms with Crippen LogP contribution in [-0.2, 0) is 10.0 Å². The van der Waals surface area contributed by atoms with Gasteiger partial charge in [0.05, 0.1) is 34.0 Å². The average molecular weight is 521 g/mol. The Balaban J connectivity index is 1.75. The van der Waals surface area contributed by atoms with Crippen LogP contribution in [0.15, 0.2) is 54.9 Å². The molecule has 4 aromatic rings. The Kier molecular flexibility index (Phi) is 5.99. The largest absolute Gasteiger partial charge is 0.368 e. The second-order valence-electron chi connectivity index (χ2n) is 11.7. The van der Waals surface area contributed by atoms with Gasteiger partial charge in [0.1, 0.15) is 0 Å². The molecule has 9 heteroatoms. The number of piperidine rings is 1. The predicted molar refractivity (Wildman–Crippen MR) is 150 cm³/mol. The van der Waals surface area contributed by atoms with Crippen LogP contribution in [0.3, 0.4) is 0 Å². The fraction of sp³-hybridized carbons (Fsp3) is 0.429. The van der Waals surface area contributed by atoms with E-state index in [2.05, 4.69) is 54.7 Å². The summed E-state index contributed by atoms with van der Waals surface area (Å²) >= 11 is 0. The number of hydrogen-bond donors (Lipinski definition) is 2. The van der Waals surface area contributed by atoms with Gasteiger partial charge in [-0.15, -0.1) is 0 Å². The van der Waals surface area contributed by atoms with E-state index in [9.17, 15) is 8.42 Å². The second-order valence-corrected chi connectivity index (χ2v) is 14.0. The van der Waals surface area contributed by atoms with Crippen molar-refractivity contribution in [2.75, 3.05) is 5.73 Å². The van der Waals surface area contributed by atoms with Crippen molar-refractivity contribution in [2.45, 2.75) is 76.8 Å². The van der Waals surface area contributed by atoms with E-state index in [-0.39, 0.29) is 23.1 Å². The molecule has 0 aliphatic carbocycles. The molecular weight excluding hydrogens is 484 g/mol. The predicted octanol–water partition coefficient (Wildman–Crippen LogP) is 5.22. The summed E-state index contributed by atoms with van der Waals surface area (Å²) in [6.45, 7) is 12.2. The van der Waals surface area contributed by atoms with E-state index < -0.39 is 15.3 Å². The maximum Gasteiger partial charge on any atom is 0.244 e. The van der Waals surface area contributed by atoms with E-state index in [1.165, 1.54) is 3.97 Å². The minimum absolute atomic E-state index is 0.0282. The van der Waals surface area contributed by atoms with E-state index in [0.29, 0.717) is 11.0 Å². The van der Waals surface area contributed by atoms with Crippen molar-refractivity contribution in [3.63, 3.8) is 0 Å². The number of imidazole rings is 2. The number of nitrogens with one attached hydrogen (secondary N) is 1. The molecule has 1 saturated heterocycles. The van der Waals surface area contributed by atoms with Crippen molar-refractivity contribution in [1.29, 1.82) is 0 Å². The Morgan fingerprint density at radius 3 is 2.27 bits per heavy atom. The number of hydrogen-bond acceptors (Lipinski definition) is 6. The van der Waals surface area contributed by atoms with Crippen LogP contribution in [0.5, 0.6) is 0 Å². The van der Waals surface area contributed by atoms with E-state index >= 15 is 0 Å². The molecule has 37 heavy (non-hydrogen) atoms. The molecule has 0 atom stereocenters. The highest BCUT2D eigenvalue weighted by molar-refractivity contribution is 7.90. The van der Waals surface area contributed by atoms with Crippen LogP contribution in [0.2, 0.25) is 0 Å². The van der Waals surface area contributed by atoms with E-state index in [0.717, 1.165) is 35.4 Å². The van der Waals surface area contributed by atoms with Crippen molar-refractivity contribution in [3.05, 3.63) is 54.9 Å². The Bertz CT molecular complexity index is 1550. The molecule has 0 bridgehead atoms. The summed E-state index contributed by atoms with van der Waals surface area (Å²) in [5.41, 5.74) is 10.7. The molecule has 0 radical (unpaired) electrons. The van der Waals surface area contributed by atoms with Gasteiger partial charge in [0.2, 0.25) is 16.0 Å². The lowest BCUT2D eigenvalue weighted by molar-refractivity contribution is 0.133. The Morgan fingerprint density at radius 2 is 1.65 bits per heavy atom. The second kappa shape index (κ2) is 8.70. The van der Waals surface area contributed by atoms with Crippen LogP contribution in [-0.4, -0.2) is 43.3 Å². The number of nitrogen functional groups attached to an aromatic ring is 1. The number of nitrogens with two attached hydrogens (primary N) is 1. The third-order valence-corrected chi connectivity index (χ3v) is 9.25. The van der Waals surface area contributed by atoms with Crippen LogP contribution in [0.25, 0.3) is 33.5 Å². The summed E-state index contributed by atoms with van der Waals surface area (Å²) in [7, 11) is -3.70. The molecule has 1 aliphatic heterocycles. The van der Waals surface area contributed by atoms with Crippen LogP contribution in [0.1, 0.15) is 60.4 Å². The monoisotopic (exact) mass is 520 g/mol. The number of fused-ring (bicyclic) bond motifs is 1. The summed E-state index contributed by atoms with van der Waals surface area (Å²) in [6.07, 6.45) is 3.80. The maximum absolute atomic E-state index is 13.2. The molecular formula is C28H36N6O2S. The highest BCUT2D eigenvalue weighted by atomic mass is 32.2. The van der Waals surface area contributed by atoms with E-state index in [1.807, 2.05) is 42.7 Å². The van der Waals surface area contributed by atoms with Gasteiger partial charge in [0, 0.05) is 28.2 Å². The molecule has 1 aliphatic rings. The molecule has 1 fully saturated rings. The molecule has 2 aromatic carbocycles. The number of aromatic nitrogens is 4. The van der Waals surface area contributed by atoms with Crippen LogP contribution < -0.4 is 11.1 Å². The first-order chi connectivity index (χ1) is 17.3. The van der Waals surface area contributed by atoms with Gasteiger partial charge in [-0.3, -0.25) is 0 Å². The molecule has 5 rings (SSSR count). The van der Waals surface area contributed by atoms with Gasteiger partial charge in [-0.05, 0) is 66.5 Å². The number of rotatable bonds is 5. The molecule has 196 valence electrons. The maximum atomic E-state index is 13.2. The molecule has 8 nitrogen and oxygen atoms in total. The molecule has 0 unspecified atom stereocenters. The van der Waals surface area contributed by atoms with Crippen molar-refractivity contribution in [1.82, 2.24) is 23.8 Å². The lowest BCUT2D eigenvalue weighted by atomic mass is 9.79. The Morgan fingerprint density at radius 1 is 1.00 bits per heavy atom. The SMILES string of the molecule is CC(C)S(=O)(=O)n1c(N)nc2ccc(-c3c(-c4ccccc4)ncn3C3CC(C)(C)NC(C)(C)C3)cc21. The van der Waals surface area contributed by atoms with E-state index in [4.69, 9.17) is 10.7 Å². The number of anilines is 1. The first kappa shape index (κ1) is 25.5. The zero-order valence-corrected chi connectivity index (χ0v) is 23.2. The van der Waals surface area contributed by atoms with Gasteiger partial charge in [0.15, 0.2) is 0 Å². The lowest BCUT2D eigenvalue weighted by Crippen LogP contribution is -2.57. The van der Waals surface area contributed by atoms with Gasteiger partial charge in [-0.25, -0.2) is 22.4 Å². The van der Waals surface area contributed by atoms with Gasteiger partial charge >= 0.3 is 0 Å². The first-order valence-electron chi connectivity index (χ1n) is 12.7. The summed E-state index contributed by atoms with van der Waals surface area (Å²) < 4.78 is 29.8. The zero-order valence-electron chi connectivity index (χ0n) is 22.4. The third-order valence-electron chi connectivity index (χ3n) is 7.16. The van der Waals surface area contributed by atoms with Crippen LogP contribution in [0, 0.1) is 0 Å². The summed E-state index contributed by atoms with van der Waals surface area (Å²) in [5.74, 6) is -0.0282. The Hall–Kier alpha value is -3.17. The molecule has 0 spiro atoms. The summed E-state index contributed by atoms with van der Waals surface area (Å²) in [4.78, 5) is 9.24. The molecule has 3 heterocycles. The first-order valence-corrected chi connectivity index (χ1v) is 14.2. The summed E-state index contributed by atoms with van der Waals surface area (Å²) in [6, 6.07) is 16.0. The van der Waals surface area contributed by atoms with Crippen molar-refractivity contribution >= 4 is 27.0 Å². The van der Waals surface area contributed by atoms with Gasteiger partial charge in [-0.2, -0.15) is 0 Å². The highest BCUT2D eigenvalue weighted by Gasteiger charge is 2.39. The smallest absolute Gasteiger partial charge is 0.244 e. The topological polar surface area (TPSA) is 108 Å². The number of nitrogens with zero attached hydrogens (tertiary/aromatic N) is 4. The Labute approximate surface area is 219 Å². The summed E-state index contributed by atoms with van der Waals surface area (Å²) in [5, 5.41) is 3.13. The van der Waals surface area contributed by atoms with Gasteiger partial charge in [-0.1, -0.05) is 36.4 Å². The standard InChI is InChI=1S/C28H36N6O2S/c1-18(2)37(35,36)34-23-14-20(12-13-22(23)31-26(34)29)25-24(19-10-8-7-9-11-19)30-17-33(25)21-15-27(3,4)32-28(5,6)16-21/h7-14,17-18,21,32H,15-16H2,1-6H3,(H2,29,31). The fourth-order valence-corrected chi connectivity index (χ4v) is 7.04. The van der Waals surface area contributed by atoms with Crippen molar-refractivity contribution in [2.24, 2.45) is 0 Å². The minimum Gasteiger partial charge on any atom is -0.368 e. The lowest BCUT2D eigenvalue weighted by Gasteiger charge is -2.47. The van der Waals surface area contributed by atoms with Crippen LogP contribution in [0.4, 0.5) is 5.95 Å². The highest BCUT2D eigenvalue weighted by Crippen LogP contribution is 2.41. The molecule has 0 amide bonds. The third kappa shape index (κ3) is 4.55. The quantitative estimate of drug-likeness (QED) is 0.374. The number of benzene rings is 2. The average Bonchev–Trinajstić information content (AvgIpc) is 3.38. The van der Waals surface area contributed by atoms with Crippen LogP contribution >= 0.6 is 0 Å². The molecule has 2 aromatic heterocycles. The zero-order chi connectivity index (χ0) is 26.8. The molecule has 0 saturated carbocycles. The van der Waals surface area contributed by atoms with Crippen molar-refractivity contribution in [3.8, 4) is 22.5 Å².